The summed E-state index contributed by atoms with van der Waals surface area (Å²) in [6.45, 7) is 1.96. The van der Waals surface area contributed by atoms with E-state index in [2.05, 4.69) is 15.6 Å². The molecule has 0 radical (unpaired) electrons. The van der Waals surface area contributed by atoms with E-state index in [0.717, 1.165) is 6.20 Å². The van der Waals surface area contributed by atoms with E-state index in [0.29, 0.717) is 13.0 Å². The minimum Gasteiger partial charge on any atom is -0.393 e. The van der Waals surface area contributed by atoms with Gasteiger partial charge in [-0.3, -0.25) is 4.98 Å². The Balaban J connectivity index is 2.37. The van der Waals surface area contributed by atoms with Crippen LogP contribution in [0.25, 0.3) is 0 Å². The molecule has 0 saturated heterocycles. The fourth-order valence-electron chi connectivity index (χ4n) is 1.04. The molecule has 0 unspecified atom stereocenters. The Hall–Kier alpha value is -1.69. The molecular weight excluding hydrogens is 213 g/mol. The first-order valence-electron chi connectivity index (χ1n) is 4.92. The number of hydrogen-bond donors (Lipinski definition) is 3. The lowest BCUT2D eigenvalue weighted by Crippen LogP contribution is -2.31. The van der Waals surface area contributed by atoms with Crippen molar-refractivity contribution in [3.8, 4) is 0 Å². The number of carbonyl (C=O) groups is 1. The summed E-state index contributed by atoms with van der Waals surface area (Å²) in [5.74, 6) is -0.590. The molecule has 0 saturated carbocycles. The highest BCUT2D eigenvalue weighted by Crippen LogP contribution is 2.09. The van der Waals surface area contributed by atoms with Gasteiger partial charge in [-0.1, -0.05) is 0 Å². The number of nitrogens with zero attached hydrogens (tertiary/aromatic N) is 1. The number of aliphatic hydroxyl groups excluding tert-OH is 1. The smallest absolute Gasteiger partial charge is 0.319 e. The second-order valence-electron chi connectivity index (χ2n) is 3.37. The maximum absolute atomic E-state index is 13.1. The molecule has 1 heterocycles. The van der Waals surface area contributed by atoms with Crippen LogP contribution in [0.15, 0.2) is 18.5 Å². The second-order valence-corrected chi connectivity index (χ2v) is 3.37. The van der Waals surface area contributed by atoms with Gasteiger partial charge in [-0.25, -0.2) is 9.18 Å². The van der Waals surface area contributed by atoms with Gasteiger partial charge in [0.1, 0.15) is 0 Å². The van der Waals surface area contributed by atoms with Crippen LogP contribution in [0.2, 0.25) is 0 Å². The van der Waals surface area contributed by atoms with E-state index in [9.17, 15) is 9.18 Å². The van der Waals surface area contributed by atoms with Crippen molar-refractivity contribution in [2.45, 2.75) is 19.4 Å². The van der Waals surface area contributed by atoms with Gasteiger partial charge in [-0.15, -0.1) is 0 Å². The molecule has 0 aliphatic carbocycles. The number of halogens is 1. The van der Waals surface area contributed by atoms with Gasteiger partial charge in [0, 0.05) is 12.7 Å². The van der Waals surface area contributed by atoms with Gasteiger partial charge in [-0.05, 0) is 19.4 Å². The van der Waals surface area contributed by atoms with Crippen molar-refractivity contribution in [1.82, 2.24) is 10.3 Å². The number of rotatable bonds is 4. The second kappa shape index (κ2) is 6.02. The highest BCUT2D eigenvalue weighted by Gasteiger charge is 2.05. The van der Waals surface area contributed by atoms with Gasteiger partial charge >= 0.3 is 6.03 Å². The molecule has 0 aliphatic heterocycles. The molecule has 1 aromatic rings. The summed E-state index contributed by atoms with van der Waals surface area (Å²) in [7, 11) is 0. The van der Waals surface area contributed by atoms with Crippen LogP contribution in [0.1, 0.15) is 13.3 Å². The summed E-state index contributed by atoms with van der Waals surface area (Å²) in [5.41, 5.74) is 0.0737. The molecule has 0 fully saturated rings. The van der Waals surface area contributed by atoms with Crippen molar-refractivity contribution >= 4 is 11.7 Å². The third-order valence-electron chi connectivity index (χ3n) is 1.87. The van der Waals surface area contributed by atoms with Crippen LogP contribution < -0.4 is 10.6 Å². The fourth-order valence-corrected chi connectivity index (χ4v) is 1.04. The van der Waals surface area contributed by atoms with E-state index in [1.54, 1.807) is 6.92 Å². The molecule has 1 aromatic heterocycles. The van der Waals surface area contributed by atoms with Gasteiger partial charge in [0.05, 0.1) is 18.0 Å². The Kier molecular flexibility index (Phi) is 4.65. The van der Waals surface area contributed by atoms with E-state index >= 15 is 0 Å². The van der Waals surface area contributed by atoms with Crippen LogP contribution in [-0.2, 0) is 0 Å². The van der Waals surface area contributed by atoms with Crippen molar-refractivity contribution in [2.75, 3.05) is 11.9 Å². The maximum atomic E-state index is 13.1. The molecule has 1 rings (SSSR count). The molecule has 5 nitrogen and oxygen atoms in total. The molecule has 0 bridgehead atoms. The highest BCUT2D eigenvalue weighted by molar-refractivity contribution is 5.89. The van der Waals surface area contributed by atoms with Gasteiger partial charge in [-0.2, -0.15) is 0 Å². The summed E-state index contributed by atoms with van der Waals surface area (Å²) in [5, 5.41) is 13.8. The lowest BCUT2D eigenvalue weighted by atomic mass is 10.3. The molecule has 88 valence electrons. The van der Waals surface area contributed by atoms with Crippen LogP contribution in [0, 0.1) is 5.82 Å². The standard InChI is InChI=1S/C10H14FN3O2/c1-7(15)2-5-13-10(16)14-9-3-4-12-6-8(9)11/h3-4,6-7,15H,2,5H2,1H3,(H2,12,13,14,16)/t7-/m1/s1. The number of amides is 2. The number of nitrogens with one attached hydrogen (secondary N) is 2. The van der Waals surface area contributed by atoms with Gasteiger partial charge in [0.25, 0.3) is 0 Å². The lowest BCUT2D eigenvalue weighted by molar-refractivity contribution is 0.184. The molecule has 0 aromatic carbocycles. The quantitative estimate of drug-likeness (QED) is 0.721. The zero-order valence-electron chi connectivity index (χ0n) is 8.90. The lowest BCUT2D eigenvalue weighted by Gasteiger charge is -2.08. The van der Waals surface area contributed by atoms with Crippen molar-refractivity contribution in [2.24, 2.45) is 0 Å². The van der Waals surface area contributed by atoms with Crippen LogP contribution in [0.3, 0.4) is 0 Å². The van der Waals surface area contributed by atoms with E-state index in [-0.39, 0.29) is 5.69 Å². The van der Waals surface area contributed by atoms with Gasteiger partial charge < -0.3 is 15.7 Å². The van der Waals surface area contributed by atoms with Crippen LogP contribution in [-0.4, -0.2) is 28.8 Å². The molecule has 16 heavy (non-hydrogen) atoms. The fraction of sp³-hybridized carbons (Fsp3) is 0.400. The van der Waals surface area contributed by atoms with Crippen LogP contribution in [0.4, 0.5) is 14.9 Å². The number of aromatic nitrogens is 1. The van der Waals surface area contributed by atoms with E-state index < -0.39 is 18.0 Å². The Morgan fingerprint density at radius 3 is 3.06 bits per heavy atom. The topological polar surface area (TPSA) is 74.2 Å². The number of urea groups is 1. The predicted molar refractivity (Wildman–Crippen MR) is 57.5 cm³/mol. The van der Waals surface area contributed by atoms with Gasteiger partial charge in [0.2, 0.25) is 0 Å². The Morgan fingerprint density at radius 1 is 1.69 bits per heavy atom. The summed E-state index contributed by atoms with van der Waals surface area (Å²) >= 11 is 0. The number of pyridine rings is 1. The molecular formula is C10H14FN3O2. The van der Waals surface area contributed by atoms with E-state index in [1.807, 2.05) is 0 Å². The first-order valence-corrected chi connectivity index (χ1v) is 4.92. The Morgan fingerprint density at radius 2 is 2.44 bits per heavy atom. The van der Waals surface area contributed by atoms with Crippen molar-refractivity contribution in [3.63, 3.8) is 0 Å². The normalized spacial score (nSPS) is 11.9. The molecule has 3 N–H and O–H groups in total. The predicted octanol–water partition coefficient (Wildman–Crippen LogP) is 1.11. The average molecular weight is 227 g/mol. The minimum absolute atomic E-state index is 0.0737. The Labute approximate surface area is 92.7 Å². The summed E-state index contributed by atoms with van der Waals surface area (Å²) < 4.78 is 13.1. The van der Waals surface area contributed by atoms with Crippen molar-refractivity contribution in [1.29, 1.82) is 0 Å². The first-order chi connectivity index (χ1) is 7.59. The number of carbonyl (C=O) groups excluding carboxylic acids is 1. The minimum atomic E-state index is -0.590. The zero-order chi connectivity index (χ0) is 12.0. The molecule has 0 aliphatic rings. The van der Waals surface area contributed by atoms with Crippen molar-refractivity contribution < 1.29 is 14.3 Å². The molecule has 1 atom stereocenters. The Bertz CT molecular complexity index is 358. The molecule has 6 heteroatoms. The van der Waals surface area contributed by atoms with Gasteiger partial charge in [0.15, 0.2) is 5.82 Å². The van der Waals surface area contributed by atoms with Crippen LogP contribution >= 0.6 is 0 Å². The van der Waals surface area contributed by atoms with E-state index in [4.69, 9.17) is 5.11 Å². The summed E-state index contributed by atoms with van der Waals surface area (Å²) in [4.78, 5) is 14.8. The number of aliphatic hydroxyl groups is 1. The zero-order valence-corrected chi connectivity index (χ0v) is 8.90. The van der Waals surface area contributed by atoms with E-state index in [1.165, 1.54) is 12.3 Å². The molecule has 2 amide bonds. The average Bonchev–Trinajstić information content (AvgIpc) is 2.21. The third-order valence-corrected chi connectivity index (χ3v) is 1.87. The maximum Gasteiger partial charge on any atom is 0.319 e. The summed E-state index contributed by atoms with van der Waals surface area (Å²) in [6.07, 6.45) is 2.38. The number of anilines is 1. The monoisotopic (exact) mass is 227 g/mol. The first kappa shape index (κ1) is 12.4. The SMILES string of the molecule is C[C@@H](O)CCNC(=O)Nc1ccncc1F. The molecule has 0 spiro atoms. The van der Waals surface area contributed by atoms with Crippen molar-refractivity contribution in [3.05, 3.63) is 24.3 Å². The summed E-state index contributed by atoms with van der Waals surface area (Å²) in [6, 6.07) is 0.856. The highest BCUT2D eigenvalue weighted by atomic mass is 19.1. The van der Waals surface area contributed by atoms with Crippen LogP contribution in [0.5, 0.6) is 0 Å². The largest absolute Gasteiger partial charge is 0.393 e. The third kappa shape index (κ3) is 4.22. The number of hydrogen-bond acceptors (Lipinski definition) is 3.